The molecule has 0 aliphatic carbocycles. The fraction of sp³-hybridized carbons (Fsp3) is 0.118. The minimum absolute atomic E-state index is 0.294. The van der Waals surface area contributed by atoms with E-state index in [9.17, 15) is 8.42 Å². The normalized spacial score (nSPS) is 11.6. The Morgan fingerprint density at radius 1 is 0.957 bits per heavy atom. The predicted octanol–water partition coefficient (Wildman–Crippen LogP) is 4.11. The van der Waals surface area contributed by atoms with Crippen molar-refractivity contribution in [3.8, 4) is 22.6 Å². The third-order valence-corrected chi connectivity index (χ3v) is 4.94. The van der Waals surface area contributed by atoms with Gasteiger partial charge in [-0.15, -0.1) is 0 Å². The molecule has 6 heteroatoms. The van der Waals surface area contributed by atoms with Gasteiger partial charge in [-0.1, -0.05) is 23.7 Å². The first-order chi connectivity index (χ1) is 10.8. The van der Waals surface area contributed by atoms with Gasteiger partial charge in [0.1, 0.15) is 5.82 Å². The summed E-state index contributed by atoms with van der Waals surface area (Å²) in [6, 6.07) is 14.2. The zero-order chi connectivity index (χ0) is 16.6. The summed E-state index contributed by atoms with van der Waals surface area (Å²) >= 11 is 5.91. The van der Waals surface area contributed by atoms with Crippen molar-refractivity contribution in [3.05, 3.63) is 59.2 Å². The Morgan fingerprint density at radius 3 is 2.09 bits per heavy atom. The first-order valence-electron chi connectivity index (χ1n) is 6.97. The molecule has 0 radical (unpaired) electrons. The van der Waals surface area contributed by atoms with Crippen LogP contribution in [0.4, 0.5) is 0 Å². The fourth-order valence-electron chi connectivity index (χ4n) is 2.35. The van der Waals surface area contributed by atoms with Gasteiger partial charge in [0.2, 0.25) is 0 Å². The van der Waals surface area contributed by atoms with Crippen LogP contribution in [0.15, 0.2) is 53.4 Å². The second kappa shape index (κ2) is 5.83. The standard InChI is InChI=1S/C17H15ClN2O2S/c1-11-16(12-3-7-14(18)8-4-12)20-17(19-11)13-5-9-15(10-6-13)23(2,21)22/h3-10H,1-2H3,(H,19,20). The summed E-state index contributed by atoms with van der Waals surface area (Å²) in [6.07, 6.45) is 1.19. The van der Waals surface area contributed by atoms with Crippen LogP contribution in [-0.4, -0.2) is 24.6 Å². The molecular weight excluding hydrogens is 332 g/mol. The highest BCUT2D eigenvalue weighted by molar-refractivity contribution is 7.90. The molecular formula is C17H15ClN2O2S. The number of aromatic amines is 1. The van der Waals surface area contributed by atoms with Crippen LogP contribution < -0.4 is 0 Å². The van der Waals surface area contributed by atoms with Crippen LogP contribution in [0.2, 0.25) is 5.02 Å². The van der Waals surface area contributed by atoms with E-state index in [2.05, 4.69) is 9.97 Å². The minimum Gasteiger partial charge on any atom is -0.342 e. The molecule has 0 saturated heterocycles. The summed E-state index contributed by atoms with van der Waals surface area (Å²) < 4.78 is 23.0. The molecule has 0 unspecified atom stereocenters. The van der Waals surface area contributed by atoms with E-state index in [4.69, 9.17) is 11.6 Å². The lowest BCUT2D eigenvalue weighted by atomic mass is 10.1. The number of aromatic nitrogens is 2. The number of aryl methyl sites for hydroxylation is 1. The predicted molar refractivity (Wildman–Crippen MR) is 92.3 cm³/mol. The SMILES string of the molecule is Cc1[nH]c(-c2ccc(S(C)(=O)=O)cc2)nc1-c1ccc(Cl)cc1. The van der Waals surface area contributed by atoms with Crippen molar-refractivity contribution >= 4 is 21.4 Å². The molecule has 23 heavy (non-hydrogen) atoms. The molecule has 2 aromatic carbocycles. The van der Waals surface area contributed by atoms with E-state index in [0.717, 1.165) is 22.5 Å². The van der Waals surface area contributed by atoms with Gasteiger partial charge in [-0.25, -0.2) is 13.4 Å². The number of H-pyrrole nitrogens is 1. The highest BCUT2D eigenvalue weighted by Gasteiger charge is 2.12. The van der Waals surface area contributed by atoms with Crippen LogP contribution in [0.1, 0.15) is 5.69 Å². The number of benzene rings is 2. The highest BCUT2D eigenvalue weighted by atomic mass is 35.5. The summed E-state index contributed by atoms with van der Waals surface area (Å²) in [6.45, 7) is 1.95. The van der Waals surface area contributed by atoms with Gasteiger partial charge in [-0.3, -0.25) is 0 Å². The average molecular weight is 347 g/mol. The Balaban J connectivity index is 1.99. The smallest absolute Gasteiger partial charge is 0.175 e. The Labute approximate surface area is 140 Å². The van der Waals surface area contributed by atoms with Gasteiger partial charge in [0.05, 0.1) is 10.6 Å². The third kappa shape index (κ3) is 3.30. The number of rotatable bonds is 3. The second-order valence-corrected chi connectivity index (χ2v) is 7.81. The topological polar surface area (TPSA) is 62.8 Å². The van der Waals surface area contributed by atoms with Gasteiger partial charge >= 0.3 is 0 Å². The zero-order valence-electron chi connectivity index (χ0n) is 12.7. The van der Waals surface area contributed by atoms with Crippen LogP contribution in [-0.2, 0) is 9.84 Å². The first kappa shape index (κ1) is 15.8. The van der Waals surface area contributed by atoms with Gasteiger partial charge in [0, 0.05) is 28.1 Å². The number of halogens is 1. The summed E-state index contributed by atoms with van der Waals surface area (Å²) in [7, 11) is -3.19. The summed E-state index contributed by atoms with van der Waals surface area (Å²) in [5.41, 5.74) is 3.60. The third-order valence-electron chi connectivity index (χ3n) is 3.56. The Hall–Kier alpha value is -2.11. The van der Waals surface area contributed by atoms with Crippen LogP contribution in [0.5, 0.6) is 0 Å². The van der Waals surface area contributed by atoms with E-state index in [1.165, 1.54) is 6.26 Å². The quantitative estimate of drug-likeness (QED) is 0.776. The molecule has 1 aromatic heterocycles. The van der Waals surface area contributed by atoms with Crippen molar-refractivity contribution in [3.63, 3.8) is 0 Å². The number of nitrogens with one attached hydrogen (secondary N) is 1. The number of sulfone groups is 1. The van der Waals surface area contributed by atoms with Crippen molar-refractivity contribution in [2.24, 2.45) is 0 Å². The maximum atomic E-state index is 11.5. The molecule has 4 nitrogen and oxygen atoms in total. The molecule has 1 N–H and O–H groups in total. The Morgan fingerprint density at radius 2 is 1.52 bits per heavy atom. The summed E-state index contributed by atoms with van der Waals surface area (Å²) in [5, 5.41) is 0.679. The molecule has 3 rings (SSSR count). The maximum absolute atomic E-state index is 11.5. The lowest BCUT2D eigenvalue weighted by Crippen LogP contribution is -1.96. The second-order valence-electron chi connectivity index (χ2n) is 5.36. The molecule has 118 valence electrons. The van der Waals surface area contributed by atoms with Crippen molar-refractivity contribution in [2.75, 3.05) is 6.26 Å². The van der Waals surface area contributed by atoms with E-state index >= 15 is 0 Å². The molecule has 0 atom stereocenters. The van der Waals surface area contributed by atoms with Crippen molar-refractivity contribution in [2.45, 2.75) is 11.8 Å². The van der Waals surface area contributed by atoms with E-state index in [1.54, 1.807) is 24.3 Å². The molecule has 0 bridgehead atoms. The molecule has 0 aliphatic heterocycles. The highest BCUT2D eigenvalue weighted by Crippen LogP contribution is 2.27. The van der Waals surface area contributed by atoms with Gasteiger partial charge in [-0.2, -0.15) is 0 Å². The number of imidazole rings is 1. The van der Waals surface area contributed by atoms with Crippen LogP contribution in [0.25, 0.3) is 22.6 Å². The first-order valence-corrected chi connectivity index (χ1v) is 9.24. The fourth-order valence-corrected chi connectivity index (χ4v) is 3.10. The van der Waals surface area contributed by atoms with Gasteiger partial charge < -0.3 is 4.98 Å². The molecule has 0 spiro atoms. The van der Waals surface area contributed by atoms with E-state index in [0.29, 0.717) is 15.7 Å². The molecule has 0 aliphatic rings. The van der Waals surface area contributed by atoms with Gasteiger partial charge in [-0.05, 0) is 43.3 Å². The lowest BCUT2D eigenvalue weighted by molar-refractivity contribution is 0.602. The Kier molecular flexibility index (Phi) is 4.00. The van der Waals surface area contributed by atoms with Crippen LogP contribution in [0, 0.1) is 6.92 Å². The number of hydrogen-bond acceptors (Lipinski definition) is 3. The van der Waals surface area contributed by atoms with Crippen molar-refractivity contribution < 1.29 is 8.42 Å². The van der Waals surface area contributed by atoms with Crippen molar-refractivity contribution in [1.29, 1.82) is 0 Å². The van der Waals surface area contributed by atoms with E-state index in [1.807, 2.05) is 31.2 Å². The van der Waals surface area contributed by atoms with Gasteiger partial charge in [0.15, 0.2) is 9.84 Å². The van der Waals surface area contributed by atoms with Gasteiger partial charge in [0.25, 0.3) is 0 Å². The largest absolute Gasteiger partial charge is 0.342 e. The molecule has 0 amide bonds. The molecule has 1 heterocycles. The zero-order valence-corrected chi connectivity index (χ0v) is 14.2. The number of hydrogen-bond donors (Lipinski definition) is 1. The maximum Gasteiger partial charge on any atom is 0.175 e. The molecule has 0 fully saturated rings. The van der Waals surface area contributed by atoms with E-state index in [-0.39, 0.29) is 0 Å². The monoisotopic (exact) mass is 346 g/mol. The minimum atomic E-state index is -3.19. The summed E-state index contributed by atoms with van der Waals surface area (Å²) in [5.74, 6) is 0.701. The van der Waals surface area contributed by atoms with Crippen LogP contribution in [0.3, 0.4) is 0 Å². The lowest BCUT2D eigenvalue weighted by Gasteiger charge is -2.00. The summed E-state index contributed by atoms with van der Waals surface area (Å²) in [4.78, 5) is 8.16. The van der Waals surface area contributed by atoms with Crippen molar-refractivity contribution in [1.82, 2.24) is 9.97 Å². The molecule has 3 aromatic rings. The van der Waals surface area contributed by atoms with Crippen LogP contribution >= 0.6 is 11.6 Å². The average Bonchev–Trinajstić information content (AvgIpc) is 2.89. The number of nitrogens with zero attached hydrogens (tertiary/aromatic N) is 1. The molecule has 0 saturated carbocycles. The Bertz CT molecular complexity index is 943. The van der Waals surface area contributed by atoms with E-state index < -0.39 is 9.84 Å².